The molecule has 1 aliphatic carbocycles. The first-order valence-corrected chi connectivity index (χ1v) is 7.24. The van der Waals surface area contributed by atoms with E-state index in [9.17, 15) is 9.59 Å². The smallest absolute Gasteiger partial charge is 0.246 e. The van der Waals surface area contributed by atoms with Crippen molar-refractivity contribution in [3.63, 3.8) is 0 Å². The molecule has 3 rings (SSSR count). The molecule has 0 unspecified atom stereocenters. The van der Waals surface area contributed by atoms with Crippen molar-refractivity contribution >= 4 is 11.8 Å². The van der Waals surface area contributed by atoms with Gasteiger partial charge < -0.3 is 15.0 Å². The normalized spacial score (nSPS) is 20.7. The average Bonchev–Trinajstić information content (AvgIpc) is 2.99. The molecular formula is C15H19N3O3. The van der Waals surface area contributed by atoms with E-state index in [2.05, 4.69) is 10.3 Å². The van der Waals surface area contributed by atoms with Gasteiger partial charge in [-0.3, -0.25) is 9.59 Å². The highest BCUT2D eigenvalue weighted by Gasteiger charge is 2.50. The topological polar surface area (TPSA) is 71.5 Å². The lowest BCUT2D eigenvalue weighted by Crippen LogP contribution is -2.65. The Morgan fingerprint density at radius 1 is 1.33 bits per heavy atom. The van der Waals surface area contributed by atoms with Gasteiger partial charge in [0.05, 0.1) is 25.9 Å². The minimum absolute atomic E-state index is 0.0255. The summed E-state index contributed by atoms with van der Waals surface area (Å²) in [6.45, 7) is 0.425. The molecule has 112 valence electrons. The number of ether oxygens (including phenoxy) is 1. The number of aromatic nitrogens is 1. The Bertz CT molecular complexity index is 567. The Kier molecular flexibility index (Phi) is 3.53. The summed E-state index contributed by atoms with van der Waals surface area (Å²) in [7, 11) is 1.56. The molecular weight excluding hydrogens is 270 g/mol. The summed E-state index contributed by atoms with van der Waals surface area (Å²) in [5.74, 6) is 0.450. The fraction of sp³-hybridized carbons (Fsp3) is 0.533. The van der Waals surface area contributed by atoms with Gasteiger partial charge >= 0.3 is 0 Å². The maximum absolute atomic E-state index is 12.3. The van der Waals surface area contributed by atoms with E-state index >= 15 is 0 Å². The molecule has 1 saturated heterocycles. The van der Waals surface area contributed by atoms with Crippen molar-refractivity contribution in [3.8, 4) is 5.88 Å². The zero-order valence-corrected chi connectivity index (χ0v) is 12.1. The summed E-state index contributed by atoms with van der Waals surface area (Å²) in [5.41, 5.74) is 0.0590. The van der Waals surface area contributed by atoms with Gasteiger partial charge in [0.1, 0.15) is 5.54 Å². The Labute approximate surface area is 123 Å². The number of nitrogens with zero attached hydrogens (tertiary/aromatic N) is 2. The van der Waals surface area contributed by atoms with E-state index in [1.165, 1.54) is 0 Å². The molecule has 6 nitrogen and oxygen atoms in total. The number of carbonyl (C=O) groups is 2. The van der Waals surface area contributed by atoms with Gasteiger partial charge in [-0.2, -0.15) is 0 Å². The number of carbonyl (C=O) groups excluding carboxylic acids is 2. The summed E-state index contributed by atoms with van der Waals surface area (Å²) in [6, 6.07) is 5.46. The van der Waals surface area contributed by atoms with Crippen LogP contribution in [0.15, 0.2) is 18.2 Å². The van der Waals surface area contributed by atoms with Gasteiger partial charge in [0, 0.05) is 6.07 Å². The lowest BCUT2D eigenvalue weighted by molar-refractivity contribution is -0.154. The van der Waals surface area contributed by atoms with Crippen LogP contribution in [0.3, 0.4) is 0 Å². The molecule has 1 spiro atoms. The highest BCUT2D eigenvalue weighted by Crippen LogP contribution is 2.38. The quantitative estimate of drug-likeness (QED) is 0.896. The van der Waals surface area contributed by atoms with Crippen molar-refractivity contribution in [1.82, 2.24) is 15.2 Å². The van der Waals surface area contributed by atoms with E-state index in [4.69, 9.17) is 4.74 Å². The van der Waals surface area contributed by atoms with Crippen LogP contribution in [-0.4, -0.2) is 40.9 Å². The summed E-state index contributed by atoms with van der Waals surface area (Å²) >= 11 is 0. The zero-order valence-electron chi connectivity index (χ0n) is 12.1. The molecule has 1 aromatic heterocycles. The second kappa shape index (κ2) is 5.35. The first-order valence-electron chi connectivity index (χ1n) is 7.24. The maximum atomic E-state index is 12.3. The largest absolute Gasteiger partial charge is 0.481 e. The van der Waals surface area contributed by atoms with Gasteiger partial charge in [-0.25, -0.2) is 4.98 Å². The first kappa shape index (κ1) is 13.9. The lowest BCUT2D eigenvalue weighted by Gasteiger charge is -2.43. The molecule has 1 N–H and O–H groups in total. The predicted octanol–water partition coefficient (Wildman–Crippen LogP) is 0.861. The highest BCUT2D eigenvalue weighted by atomic mass is 16.5. The molecule has 21 heavy (non-hydrogen) atoms. The predicted molar refractivity (Wildman–Crippen MR) is 75.5 cm³/mol. The van der Waals surface area contributed by atoms with Gasteiger partial charge in [0.2, 0.25) is 17.7 Å². The number of rotatable bonds is 3. The molecule has 0 bridgehead atoms. The SMILES string of the molecule is COc1cccc(CN2C(=O)CNC(=O)C23CCCC3)n1. The van der Waals surface area contributed by atoms with Gasteiger partial charge in [-0.1, -0.05) is 18.9 Å². The molecule has 0 radical (unpaired) electrons. The Morgan fingerprint density at radius 2 is 2.10 bits per heavy atom. The fourth-order valence-corrected chi connectivity index (χ4v) is 3.29. The molecule has 2 aliphatic rings. The molecule has 2 fully saturated rings. The number of piperazine rings is 1. The van der Waals surface area contributed by atoms with E-state index in [1.807, 2.05) is 12.1 Å². The van der Waals surface area contributed by atoms with Crippen LogP contribution in [0.2, 0.25) is 0 Å². The first-order chi connectivity index (χ1) is 10.2. The standard InChI is InChI=1S/C15H19N3O3/c1-21-12-6-4-5-11(17-12)10-18-13(19)9-16-14(20)15(18)7-2-3-8-15/h4-6H,2-3,7-10H2,1H3,(H,16,20). The summed E-state index contributed by atoms with van der Waals surface area (Å²) in [6.07, 6.45) is 3.41. The fourth-order valence-electron chi connectivity index (χ4n) is 3.29. The van der Waals surface area contributed by atoms with Crippen molar-refractivity contribution in [2.45, 2.75) is 37.8 Å². The zero-order chi connectivity index (χ0) is 14.9. The molecule has 1 aliphatic heterocycles. The second-order valence-electron chi connectivity index (χ2n) is 5.57. The summed E-state index contributed by atoms with van der Waals surface area (Å²) < 4.78 is 5.12. The minimum atomic E-state index is -0.680. The number of amides is 2. The maximum Gasteiger partial charge on any atom is 0.246 e. The monoisotopic (exact) mass is 289 g/mol. The van der Waals surface area contributed by atoms with Gasteiger partial charge in [-0.15, -0.1) is 0 Å². The van der Waals surface area contributed by atoms with Crippen LogP contribution in [0, 0.1) is 0 Å². The van der Waals surface area contributed by atoms with Gasteiger partial charge in [0.25, 0.3) is 0 Å². The molecule has 0 aromatic carbocycles. The second-order valence-corrected chi connectivity index (χ2v) is 5.57. The Hall–Kier alpha value is -2.11. The third-order valence-electron chi connectivity index (χ3n) is 4.38. The molecule has 1 aromatic rings. The van der Waals surface area contributed by atoms with E-state index in [0.29, 0.717) is 12.4 Å². The molecule has 2 heterocycles. The van der Waals surface area contributed by atoms with E-state index in [-0.39, 0.29) is 18.4 Å². The Morgan fingerprint density at radius 3 is 2.81 bits per heavy atom. The summed E-state index contributed by atoms with van der Waals surface area (Å²) in [5, 5.41) is 2.73. The van der Waals surface area contributed by atoms with Crippen LogP contribution in [0.25, 0.3) is 0 Å². The van der Waals surface area contributed by atoms with Crippen LogP contribution in [-0.2, 0) is 16.1 Å². The molecule has 0 atom stereocenters. The van der Waals surface area contributed by atoms with E-state index < -0.39 is 5.54 Å². The van der Waals surface area contributed by atoms with Crippen LogP contribution >= 0.6 is 0 Å². The van der Waals surface area contributed by atoms with Crippen molar-refractivity contribution in [2.75, 3.05) is 13.7 Å². The van der Waals surface area contributed by atoms with Gasteiger partial charge in [0.15, 0.2) is 0 Å². The molecule has 2 amide bonds. The number of methoxy groups -OCH3 is 1. The van der Waals surface area contributed by atoms with E-state index in [0.717, 1.165) is 31.4 Å². The number of hydrogen-bond donors (Lipinski definition) is 1. The summed E-state index contributed by atoms with van der Waals surface area (Å²) in [4.78, 5) is 30.7. The Balaban J connectivity index is 1.89. The number of nitrogens with one attached hydrogen (secondary N) is 1. The van der Waals surface area contributed by atoms with Gasteiger partial charge in [-0.05, 0) is 18.9 Å². The van der Waals surface area contributed by atoms with Crippen LogP contribution in [0.5, 0.6) is 5.88 Å². The number of pyridine rings is 1. The van der Waals surface area contributed by atoms with Crippen molar-refractivity contribution in [3.05, 3.63) is 23.9 Å². The number of hydrogen-bond acceptors (Lipinski definition) is 4. The van der Waals surface area contributed by atoms with Crippen LogP contribution in [0.1, 0.15) is 31.4 Å². The third kappa shape index (κ3) is 2.34. The van der Waals surface area contributed by atoms with Crippen LogP contribution in [0.4, 0.5) is 0 Å². The lowest BCUT2D eigenvalue weighted by atomic mass is 9.91. The average molecular weight is 289 g/mol. The van der Waals surface area contributed by atoms with Crippen LogP contribution < -0.4 is 10.1 Å². The highest BCUT2D eigenvalue weighted by molar-refractivity contribution is 5.98. The van der Waals surface area contributed by atoms with Crippen molar-refractivity contribution in [2.24, 2.45) is 0 Å². The molecule has 1 saturated carbocycles. The minimum Gasteiger partial charge on any atom is -0.481 e. The van der Waals surface area contributed by atoms with Crippen molar-refractivity contribution < 1.29 is 14.3 Å². The molecule has 6 heteroatoms. The van der Waals surface area contributed by atoms with Crippen molar-refractivity contribution in [1.29, 1.82) is 0 Å². The third-order valence-corrected chi connectivity index (χ3v) is 4.38. The van der Waals surface area contributed by atoms with E-state index in [1.54, 1.807) is 18.1 Å².